The first kappa shape index (κ1) is 8.32. The lowest BCUT2D eigenvalue weighted by Gasteiger charge is -2.00. The van der Waals surface area contributed by atoms with Crippen LogP contribution in [0.4, 0.5) is 5.69 Å². The molecule has 4 nitrogen and oxygen atoms in total. The molecule has 58 valence electrons. The molecule has 1 rings (SSSR count). The van der Waals surface area contributed by atoms with E-state index in [0.29, 0.717) is 0 Å². The van der Waals surface area contributed by atoms with Crippen molar-refractivity contribution in [2.24, 2.45) is 0 Å². The van der Waals surface area contributed by atoms with Crippen LogP contribution in [-0.2, 0) is 0 Å². The van der Waals surface area contributed by atoms with Crippen LogP contribution in [0, 0.1) is 0 Å². The summed E-state index contributed by atoms with van der Waals surface area (Å²) in [4.78, 5) is 3.62. The van der Waals surface area contributed by atoms with Crippen molar-refractivity contribution in [3.8, 4) is 0 Å². The predicted molar refractivity (Wildman–Crippen MR) is 43.5 cm³/mol. The van der Waals surface area contributed by atoms with Gasteiger partial charge >= 0.3 is 7.12 Å². The van der Waals surface area contributed by atoms with Crippen molar-refractivity contribution >= 4 is 29.9 Å². The number of halogens is 1. The first-order valence-corrected chi connectivity index (χ1v) is 3.26. The van der Waals surface area contributed by atoms with Gasteiger partial charge in [-0.25, -0.2) is 4.98 Å². The number of pyridine rings is 1. The van der Waals surface area contributed by atoms with Gasteiger partial charge < -0.3 is 15.8 Å². The lowest BCUT2D eigenvalue weighted by Crippen LogP contribution is -2.30. The van der Waals surface area contributed by atoms with Gasteiger partial charge in [-0.1, -0.05) is 11.6 Å². The quantitative estimate of drug-likeness (QED) is 0.375. The zero-order valence-electron chi connectivity index (χ0n) is 5.53. The second-order valence-corrected chi connectivity index (χ2v) is 2.38. The Hall–Kier alpha value is -0.775. The lowest BCUT2D eigenvalue weighted by atomic mass is 9.81. The fourth-order valence-corrected chi connectivity index (χ4v) is 0.727. The van der Waals surface area contributed by atoms with Gasteiger partial charge in [0.05, 0.1) is 5.69 Å². The Morgan fingerprint density at radius 3 is 2.64 bits per heavy atom. The average molecular weight is 172 g/mol. The molecule has 0 saturated heterocycles. The number of nitrogens with zero attached hydrogens (tertiary/aromatic N) is 1. The van der Waals surface area contributed by atoms with Crippen LogP contribution in [0.1, 0.15) is 0 Å². The van der Waals surface area contributed by atoms with Gasteiger partial charge in [0.1, 0.15) is 0 Å². The summed E-state index contributed by atoms with van der Waals surface area (Å²) < 4.78 is 0. The third-order valence-corrected chi connectivity index (χ3v) is 1.50. The maximum Gasteiger partial charge on any atom is 0.490 e. The minimum Gasteiger partial charge on any atom is -0.423 e. The van der Waals surface area contributed by atoms with Crippen molar-refractivity contribution < 1.29 is 10.0 Å². The second-order valence-electron chi connectivity index (χ2n) is 2.02. The van der Waals surface area contributed by atoms with Crippen LogP contribution in [0.3, 0.4) is 0 Å². The number of rotatable bonds is 1. The predicted octanol–water partition coefficient (Wildman–Crippen LogP) is -1.00. The summed E-state index contributed by atoms with van der Waals surface area (Å²) in [7, 11) is -1.55. The number of anilines is 1. The number of hydrogen-bond acceptors (Lipinski definition) is 4. The fourth-order valence-electron chi connectivity index (χ4n) is 0.623. The van der Waals surface area contributed by atoms with Crippen LogP contribution in [0.5, 0.6) is 0 Å². The van der Waals surface area contributed by atoms with Crippen LogP contribution >= 0.6 is 11.6 Å². The maximum absolute atomic E-state index is 8.66. The maximum atomic E-state index is 8.66. The summed E-state index contributed by atoms with van der Waals surface area (Å²) >= 11 is 5.49. The molecule has 1 aromatic heterocycles. The molecular weight excluding hydrogens is 166 g/mol. The van der Waals surface area contributed by atoms with Crippen molar-refractivity contribution in [3.05, 3.63) is 17.4 Å². The highest BCUT2D eigenvalue weighted by molar-refractivity contribution is 6.58. The molecule has 0 atom stereocenters. The summed E-state index contributed by atoms with van der Waals surface area (Å²) in [6, 6.07) is 1.36. The SMILES string of the molecule is Nc1cc(B(O)O)cnc1Cl. The number of hydrogen-bond donors (Lipinski definition) is 3. The Bertz CT molecular complexity index is 269. The molecule has 4 N–H and O–H groups in total. The minimum absolute atomic E-state index is 0.161. The van der Waals surface area contributed by atoms with E-state index >= 15 is 0 Å². The van der Waals surface area contributed by atoms with E-state index in [9.17, 15) is 0 Å². The molecule has 0 radical (unpaired) electrons. The van der Waals surface area contributed by atoms with Crippen molar-refractivity contribution in [1.29, 1.82) is 0 Å². The van der Waals surface area contributed by atoms with E-state index in [-0.39, 0.29) is 16.3 Å². The van der Waals surface area contributed by atoms with E-state index < -0.39 is 7.12 Å². The smallest absolute Gasteiger partial charge is 0.423 e. The van der Waals surface area contributed by atoms with Crippen molar-refractivity contribution in [2.75, 3.05) is 5.73 Å². The van der Waals surface area contributed by atoms with E-state index in [1.54, 1.807) is 0 Å². The summed E-state index contributed by atoms with van der Waals surface area (Å²) in [5, 5.41) is 17.5. The molecule has 0 spiro atoms. The van der Waals surface area contributed by atoms with Crippen molar-refractivity contribution in [2.45, 2.75) is 0 Å². The molecule has 1 heterocycles. The van der Waals surface area contributed by atoms with Gasteiger partial charge in [-0.2, -0.15) is 0 Å². The molecule has 0 saturated carbocycles. The molecule has 0 amide bonds. The molecule has 0 aliphatic carbocycles. The molecule has 0 aliphatic rings. The van der Waals surface area contributed by atoms with Crippen LogP contribution in [0.25, 0.3) is 0 Å². The monoisotopic (exact) mass is 172 g/mol. The van der Waals surface area contributed by atoms with E-state index in [4.69, 9.17) is 27.4 Å². The number of aromatic nitrogens is 1. The van der Waals surface area contributed by atoms with Gasteiger partial charge in [-0.3, -0.25) is 0 Å². The standard InChI is InChI=1S/C5H6BClN2O2/c7-5-4(8)1-3(2-9-5)6(10)11/h1-2,10-11H,8H2. The van der Waals surface area contributed by atoms with Gasteiger partial charge in [0.2, 0.25) is 0 Å². The fraction of sp³-hybridized carbons (Fsp3) is 0. The van der Waals surface area contributed by atoms with Crippen molar-refractivity contribution in [1.82, 2.24) is 4.98 Å². The van der Waals surface area contributed by atoms with Gasteiger partial charge in [-0.05, 0) is 6.07 Å². The van der Waals surface area contributed by atoms with Crippen LogP contribution < -0.4 is 11.2 Å². The van der Waals surface area contributed by atoms with Crippen LogP contribution in [-0.4, -0.2) is 22.2 Å². The molecule has 6 heteroatoms. The van der Waals surface area contributed by atoms with Crippen LogP contribution in [0.2, 0.25) is 5.15 Å². The zero-order chi connectivity index (χ0) is 8.43. The molecule has 0 bridgehead atoms. The normalized spacial score (nSPS) is 9.73. The van der Waals surface area contributed by atoms with Crippen molar-refractivity contribution in [3.63, 3.8) is 0 Å². The molecule has 1 aromatic rings. The lowest BCUT2D eigenvalue weighted by molar-refractivity contribution is 0.425. The summed E-state index contributed by atoms with van der Waals surface area (Å²) in [5.74, 6) is 0. The highest BCUT2D eigenvalue weighted by Crippen LogP contribution is 2.11. The van der Waals surface area contributed by atoms with E-state index in [2.05, 4.69) is 4.98 Å². The zero-order valence-corrected chi connectivity index (χ0v) is 6.28. The largest absolute Gasteiger partial charge is 0.490 e. The first-order chi connectivity index (χ1) is 5.11. The molecule has 11 heavy (non-hydrogen) atoms. The highest BCUT2D eigenvalue weighted by atomic mass is 35.5. The van der Waals surface area contributed by atoms with Gasteiger partial charge in [-0.15, -0.1) is 0 Å². The van der Waals surface area contributed by atoms with Crippen LogP contribution in [0.15, 0.2) is 12.3 Å². The molecule has 0 aliphatic heterocycles. The average Bonchev–Trinajstić information content (AvgIpc) is 1.94. The third kappa shape index (κ3) is 1.83. The van der Waals surface area contributed by atoms with E-state index in [1.807, 2.05) is 0 Å². The Morgan fingerprint density at radius 2 is 2.18 bits per heavy atom. The first-order valence-electron chi connectivity index (χ1n) is 2.88. The topological polar surface area (TPSA) is 79.4 Å². The molecular formula is C5H6BClN2O2. The molecule has 0 aromatic carbocycles. The van der Waals surface area contributed by atoms with Gasteiger partial charge in [0, 0.05) is 11.7 Å². The van der Waals surface area contributed by atoms with E-state index in [1.165, 1.54) is 12.3 Å². The number of nitrogen functional groups attached to an aromatic ring is 1. The minimum atomic E-state index is -1.55. The Morgan fingerprint density at radius 1 is 1.55 bits per heavy atom. The third-order valence-electron chi connectivity index (χ3n) is 1.19. The Kier molecular flexibility index (Phi) is 2.33. The Balaban J connectivity index is 3.05. The van der Waals surface area contributed by atoms with Gasteiger partial charge in [0.25, 0.3) is 0 Å². The Labute approximate surface area is 68.8 Å². The summed E-state index contributed by atoms with van der Waals surface area (Å²) in [6.07, 6.45) is 1.25. The second kappa shape index (κ2) is 3.08. The highest BCUT2D eigenvalue weighted by Gasteiger charge is 2.12. The van der Waals surface area contributed by atoms with Gasteiger partial charge in [0.15, 0.2) is 5.15 Å². The molecule has 0 fully saturated rings. The summed E-state index contributed by atoms with van der Waals surface area (Å²) in [5.41, 5.74) is 5.80. The number of nitrogens with two attached hydrogens (primary N) is 1. The molecule has 0 unspecified atom stereocenters. The summed E-state index contributed by atoms with van der Waals surface area (Å²) in [6.45, 7) is 0. The van der Waals surface area contributed by atoms with E-state index in [0.717, 1.165) is 0 Å².